The summed E-state index contributed by atoms with van der Waals surface area (Å²) in [6, 6.07) is 11.5. The monoisotopic (exact) mass is 263 g/mol. The van der Waals surface area contributed by atoms with Crippen molar-refractivity contribution in [3.05, 3.63) is 64.1 Å². The molecule has 94 valence electrons. The molecule has 0 aliphatic heterocycles. The minimum atomic E-state index is -0.141. The van der Waals surface area contributed by atoms with Gasteiger partial charge in [0.15, 0.2) is 5.75 Å². The molecule has 3 nitrogen and oxygen atoms in total. The molecule has 0 unspecified atom stereocenters. The van der Waals surface area contributed by atoms with E-state index in [0.29, 0.717) is 23.9 Å². The Bertz CT molecular complexity index is 551. The smallest absolute Gasteiger partial charge is 0.223 e. The molecule has 1 aromatic heterocycles. The number of alkyl halides is 1. The lowest BCUT2D eigenvalue weighted by atomic mass is 10.2. The number of rotatable bonds is 5. The normalized spacial score (nSPS) is 10.3. The number of hydrogen-bond acceptors (Lipinski definition) is 2. The summed E-state index contributed by atoms with van der Waals surface area (Å²) in [4.78, 5) is 14.6. The molecular formula is C14H14ClNO2. The van der Waals surface area contributed by atoms with Crippen LogP contribution in [0.15, 0.2) is 47.4 Å². The summed E-state index contributed by atoms with van der Waals surface area (Å²) < 4.78 is 5.45. The Hall–Kier alpha value is -1.74. The highest BCUT2D eigenvalue weighted by Gasteiger charge is 2.02. The first-order valence-electron chi connectivity index (χ1n) is 5.74. The third-order valence-electron chi connectivity index (χ3n) is 2.57. The molecule has 0 saturated heterocycles. The summed E-state index contributed by atoms with van der Waals surface area (Å²) in [5.74, 6) is 0.624. The molecule has 18 heavy (non-hydrogen) atoms. The van der Waals surface area contributed by atoms with E-state index in [2.05, 4.69) is 4.98 Å². The van der Waals surface area contributed by atoms with Gasteiger partial charge in [0, 0.05) is 24.4 Å². The van der Waals surface area contributed by atoms with Crippen molar-refractivity contribution in [2.45, 2.75) is 12.3 Å². The first kappa shape index (κ1) is 12.7. The Morgan fingerprint density at radius 2 is 2.00 bits per heavy atom. The molecule has 0 bridgehead atoms. The van der Waals surface area contributed by atoms with Crippen molar-refractivity contribution in [3.63, 3.8) is 0 Å². The predicted octanol–water partition coefficient (Wildman–Crippen LogP) is 2.74. The number of pyridine rings is 1. The summed E-state index contributed by atoms with van der Waals surface area (Å²) in [5, 5.41) is 0. The SMILES string of the molecule is O=c1cc(CCl)[nH]cc1OCCc1ccccc1. The zero-order valence-electron chi connectivity index (χ0n) is 9.86. The molecule has 0 amide bonds. The molecule has 2 rings (SSSR count). The van der Waals surface area contributed by atoms with Gasteiger partial charge in [-0.3, -0.25) is 4.79 Å². The van der Waals surface area contributed by atoms with Gasteiger partial charge in [-0.15, -0.1) is 11.6 Å². The van der Waals surface area contributed by atoms with Gasteiger partial charge >= 0.3 is 0 Å². The van der Waals surface area contributed by atoms with E-state index in [1.807, 2.05) is 30.3 Å². The predicted molar refractivity (Wildman–Crippen MR) is 72.3 cm³/mol. The highest BCUT2D eigenvalue weighted by atomic mass is 35.5. The molecule has 0 aliphatic rings. The van der Waals surface area contributed by atoms with E-state index in [9.17, 15) is 4.79 Å². The Balaban J connectivity index is 1.93. The van der Waals surface area contributed by atoms with Crippen molar-refractivity contribution >= 4 is 11.6 Å². The number of ether oxygens (including phenoxy) is 1. The van der Waals surface area contributed by atoms with Crippen LogP contribution in [0.2, 0.25) is 0 Å². The molecule has 0 saturated carbocycles. The molecule has 0 atom stereocenters. The van der Waals surface area contributed by atoms with Crippen LogP contribution in [-0.4, -0.2) is 11.6 Å². The van der Waals surface area contributed by atoms with Crippen LogP contribution in [0.1, 0.15) is 11.3 Å². The highest BCUT2D eigenvalue weighted by molar-refractivity contribution is 6.16. The molecule has 0 spiro atoms. The van der Waals surface area contributed by atoms with Gasteiger partial charge in [0.05, 0.1) is 12.5 Å². The fraction of sp³-hybridized carbons (Fsp3) is 0.214. The van der Waals surface area contributed by atoms with E-state index in [1.165, 1.54) is 11.6 Å². The van der Waals surface area contributed by atoms with Crippen LogP contribution in [0.4, 0.5) is 0 Å². The average molecular weight is 264 g/mol. The van der Waals surface area contributed by atoms with Crippen LogP contribution in [0, 0.1) is 0 Å². The van der Waals surface area contributed by atoms with E-state index in [4.69, 9.17) is 16.3 Å². The Labute approximate surface area is 110 Å². The fourth-order valence-corrected chi connectivity index (χ4v) is 1.77. The second-order valence-corrected chi connectivity index (χ2v) is 4.17. The van der Waals surface area contributed by atoms with Crippen LogP contribution in [0.5, 0.6) is 5.75 Å². The van der Waals surface area contributed by atoms with Crippen molar-refractivity contribution < 1.29 is 4.74 Å². The van der Waals surface area contributed by atoms with Crippen LogP contribution >= 0.6 is 11.6 Å². The molecule has 0 aliphatic carbocycles. The Morgan fingerprint density at radius 1 is 1.22 bits per heavy atom. The number of nitrogens with one attached hydrogen (secondary N) is 1. The van der Waals surface area contributed by atoms with Crippen molar-refractivity contribution in [2.24, 2.45) is 0 Å². The molecule has 4 heteroatoms. The van der Waals surface area contributed by atoms with E-state index in [0.717, 1.165) is 6.42 Å². The van der Waals surface area contributed by atoms with Crippen molar-refractivity contribution in [1.29, 1.82) is 0 Å². The van der Waals surface area contributed by atoms with Gasteiger partial charge in [0.2, 0.25) is 5.43 Å². The lowest BCUT2D eigenvalue weighted by molar-refractivity contribution is 0.317. The lowest BCUT2D eigenvalue weighted by Gasteiger charge is -2.06. The summed E-state index contributed by atoms with van der Waals surface area (Å²) in [7, 11) is 0. The van der Waals surface area contributed by atoms with Crippen LogP contribution < -0.4 is 10.2 Å². The molecular weight excluding hydrogens is 250 g/mol. The molecule has 1 heterocycles. The highest BCUT2D eigenvalue weighted by Crippen LogP contribution is 2.05. The van der Waals surface area contributed by atoms with Gasteiger partial charge in [0.25, 0.3) is 0 Å². The first-order valence-corrected chi connectivity index (χ1v) is 6.27. The van der Waals surface area contributed by atoms with Gasteiger partial charge in [-0.1, -0.05) is 30.3 Å². The van der Waals surface area contributed by atoms with E-state index >= 15 is 0 Å². The Morgan fingerprint density at radius 3 is 2.67 bits per heavy atom. The maximum Gasteiger partial charge on any atom is 0.223 e. The lowest BCUT2D eigenvalue weighted by Crippen LogP contribution is -2.11. The number of aromatic nitrogens is 1. The quantitative estimate of drug-likeness (QED) is 0.843. The molecule has 1 N–H and O–H groups in total. The van der Waals surface area contributed by atoms with Gasteiger partial charge in [-0.25, -0.2) is 0 Å². The summed E-state index contributed by atoms with van der Waals surface area (Å²) in [6.45, 7) is 0.479. The van der Waals surface area contributed by atoms with Crippen LogP contribution in [0.3, 0.4) is 0 Å². The summed E-state index contributed by atoms with van der Waals surface area (Å²) in [6.07, 6.45) is 2.34. The maximum absolute atomic E-state index is 11.6. The van der Waals surface area contributed by atoms with Gasteiger partial charge in [-0.2, -0.15) is 0 Å². The van der Waals surface area contributed by atoms with Crippen molar-refractivity contribution in [2.75, 3.05) is 6.61 Å². The van der Waals surface area contributed by atoms with E-state index < -0.39 is 0 Å². The molecule has 1 aromatic carbocycles. The summed E-state index contributed by atoms with van der Waals surface area (Å²) in [5.41, 5.74) is 1.74. The van der Waals surface area contributed by atoms with Gasteiger partial charge < -0.3 is 9.72 Å². The zero-order chi connectivity index (χ0) is 12.8. The van der Waals surface area contributed by atoms with E-state index in [1.54, 1.807) is 6.20 Å². The number of H-pyrrole nitrogens is 1. The van der Waals surface area contributed by atoms with Crippen LogP contribution in [0.25, 0.3) is 0 Å². The topological polar surface area (TPSA) is 42.1 Å². The zero-order valence-corrected chi connectivity index (χ0v) is 10.6. The minimum Gasteiger partial charge on any atom is -0.488 e. The second kappa shape index (κ2) is 6.26. The van der Waals surface area contributed by atoms with Crippen molar-refractivity contribution in [3.8, 4) is 5.75 Å². The molecule has 0 radical (unpaired) electrons. The number of aromatic amines is 1. The second-order valence-electron chi connectivity index (χ2n) is 3.90. The average Bonchev–Trinajstić information content (AvgIpc) is 2.42. The van der Waals surface area contributed by atoms with Gasteiger partial charge in [0.1, 0.15) is 0 Å². The van der Waals surface area contributed by atoms with Gasteiger partial charge in [-0.05, 0) is 5.56 Å². The molecule has 2 aromatic rings. The third kappa shape index (κ3) is 3.37. The fourth-order valence-electron chi connectivity index (χ4n) is 1.61. The van der Waals surface area contributed by atoms with E-state index in [-0.39, 0.29) is 5.43 Å². The minimum absolute atomic E-state index is 0.141. The van der Waals surface area contributed by atoms with Crippen molar-refractivity contribution in [1.82, 2.24) is 4.98 Å². The Kier molecular flexibility index (Phi) is 4.42. The number of hydrogen-bond donors (Lipinski definition) is 1. The largest absolute Gasteiger partial charge is 0.488 e. The number of halogens is 1. The summed E-state index contributed by atoms with van der Waals surface area (Å²) >= 11 is 5.62. The first-order chi connectivity index (χ1) is 8.79. The van der Waals surface area contributed by atoms with Crippen LogP contribution in [-0.2, 0) is 12.3 Å². The standard InChI is InChI=1S/C14H14ClNO2/c15-9-12-8-13(17)14(10-16-12)18-7-6-11-4-2-1-3-5-11/h1-5,8,10H,6-7,9H2,(H,16,17). The third-order valence-corrected chi connectivity index (χ3v) is 2.86. The molecule has 0 fully saturated rings. The maximum atomic E-state index is 11.6. The number of benzene rings is 1.